The van der Waals surface area contributed by atoms with Gasteiger partial charge in [-0.1, -0.05) is 30.7 Å². The molecule has 1 amide bonds. The number of benzene rings is 1. The molecule has 1 unspecified atom stereocenters. The van der Waals surface area contributed by atoms with Crippen molar-refractivity contribution in [3.8, 4) is 0 Å². The molecule has 7 heteroatoms. The number of aliphatic carboxylic acids is 1. The SMILES string of the molecule is CC/C(C)=C\C=C(/C)OC.O=C(O)CCN1C(=O)C(O)CSc2ccccc21. The Kier molecular flexibility index (Phi) is 10.4. The topological polar surface area (TPSA) is 87.1 Å². The van der Waals surface area contributed by atoms with E-state index in [1.165, 1.54) is 22.2 Å². The number of thioether (sulfide) groups is 1. The Hall–Kier alpha value is -2.25. The number of methoxy groups -OCH3 is 1. The zero-order valence-electron chi connectivity index (χ0n) is 16.8. The molecule has 1 aliphatic heterocycles. The third kappa shape index (κ3) is 7.78. The van der Waals surface area contributed by atoms with Crippen molar-refractivity contribution >= 4 is 29.3 Å². The van der Waals surface area contributed by atoms with Gasteiger partial charge in [0.05, 0.1) is 25.0 Å². The number of carbonyl (C=O) groups is 2. The molecule has 0 spiro atoms. The van der Waals surface area contributed by atoms with Crippen molar-refractivity contribution in [2.24, 2.45) is 0 Å². The molecule has 1 heterocycles. The average molecular weight is 408 g/mol. The van der Waals surface area contributed by atoms with E-state index >= 15 is 0 Å². The van der Waals surface area contributed by atoms with Gasteiger partial charge < -0.3 is 19.8 Å². The van der Waals surface area contributed by atoms with Crippen LogP contribution < -0.4 is 4.90 Å². The van der Waals surface area contributed by atoms with E-state index in [0.29, 0.717) is 11.4 Å². The van der Waals surface area contributed by atoms with Gasteiger partial charge in [0.15, 0.2) is 0 Å². The minimum absolute atomic E-state index is 0.0722. The number of nitrogens with zero attached hydrogens (tertiary/aromatic N) is 1. The average Bonchev–Trinajstić information content (AvgIpc) is 2.81. The van der Waals surface area contributed by atoms with Gasteiger partial charge in [0, 0.05) is 17.2 Å². The first-order chi connectivity index (χ1) is 13.3. The van der Waals surface area contributed by atoms with E-state index in [4.69, 9.17) is 9.84 Å². The van der Waals surface area contributed by atoms with Crippen molar-refractivity contribution in [3.63, 3.8) is 0 Å². The number of carbonyl (C=O) groups excluding carboxylic acids is 1. The number of hydrogen-bond donors (Lipinski definition) is 2. The number of carboxylic acid groups (broad SMARTS) is 1. The summed E-state index contributed by atoms with van der Waals surface area (Å²) in [5.41, 5.74) is 2.04. The molecule has 0 bridgehead atoms. The normalized spacial score (nSPS) is 17.2. The van der Waals surface area contributed by atoms with E-state index in [0.717, 1.165) is 17.1 Å². The standard InChI is InChI=1S/C12H13NO4S.C9H16O/c14-9-7-18-10-4-2-1-3-8(10)13(12(9)17)6-5-11(15)16;1-5-8(2)6-7-9(3)10-4/h1-4,9,14H,5-7H2,(H,15,16);6-7H,5H2,1-4H3/b;8-6-,9-7+. The van der Waals surface area contributed by atoms with E-state index < -0.39 is 18.0 Å². The van der Waals surface area contributed by atoms with Gasteiger partial charge in [-0.05, 0) is 38.5 Å². The number of rotatable bonds is 6. The van der Waals surface area contributed by atoms with E-state index in [9.17, 15) is 14.7 Å². The number of allylic oxidation sites excluding steroid dienone is 4. The number of fused-ring (bicyclic) bond motifs is 1. The minimum atomic E-state index is -1.09. The van der Waals surface area contributed by atoms with Crippen LogP contribution in [-0.2, 0) is 14.3 Å². The molecule has 2 N–H and O–H groups in total. The summed E-state index contributed by atoms with van der Waals surface area (Å²) in [4.78, 5) is 24.9. The number of hydrogen-bond acceptors (Lipinski definition) is 5. The lowest BCUT2D eigenvalue weighted by Gasteiger charge is -2.23. The maximum atomic E-state index is 12.0. The number of anilines is 1. The maximum absolute atomic E-state index is 12.0. The molecule has 0 saturated carbocycles. The summed E-state index contributed by atoms with van der Waals surface area (Å²) in [6.45, 7) is 6.27. The maximum Gasteiger partial charge on any atom is 0.305 e. The smallest absolute Gasteiger partial charge is 0.305 e. The summed E-state index contributed by atoms with van der Waals surface area (Å²) in [7, 11) is 1.68. The van der Waals surface area contributed by atoms with Crippen LogP contribution in [0, 0.1) is 0 Å². The van der Waals surface area contributed by atoms with Crippen molar-refractivity contribution in [1.82, 2.24) is 0 Å². The molecule has 0 aromatic heterocycles. The number of carboxylic acids is 1. The first-order valence-electron chi connectivity index (χ1n) is 9.11. The monoisotopic (exact) mass is 407 g/mol. The Balaban J connectivity index is 0.000000336. The lowest BCUT2D eigenvalue weighted by atomic mass is 10.2. The Bertz CT molecular complexity index is 711. The molecule has 0 fully saturated rings. The van der Waals surface area contributed by atoms with Gasteiger partial charge in [-0.15, -0.1) is 11.8 Å². The third-order valence-electron chi connectivity index (χ3n) is 4.14. The number of para-hydroxylation sites is 1. The highest BCUT2D eigenvalue weighted by Crippen LogP contribution is 2.34. The second-order valence-corrected chi connectivity index (χ2v) is 7.34. The van der Waals surface area contributed by atoms with Crippen molar-refractivity contribution < 1.29 is 24.5 Å². The number of amides is 1. The Labute approximate surface area is 170 Å². The molecule has 1 atom stereocenters. The molecule has 0 aliphatic carbocycles. The van der Waals surface area contributed by atoms with Crippen molar-refractivity contribution in [2.75, 3.05) is 24.3 Å². The van der Waals surface area contributed by atoms with Gasteiger partial charge in [0.25, 0.3) is 5.91 Å². The molecule has 28 heavy (non-hydrogen) atoms. The highest BCUT2D eigenvalue weighted by Gasteiger charge is 2.29. The van der Waals surface area contributed by atoms with Crippen LogP contribution in [0.4, 0.5) is 5.69 Å². The van der Waals surface area contributed by atoms with Crippen LogP contribution in [0.25, 0.3) is 0 Å². The molecule has 6 nitrogen and oxygen atoms in total. The lowest BCUT2D eigenvalue weighted by Crippen LogP contribution is -2.40. The van der Waals surface area contributed by atoms with Crippen LogP contribution >= 0.6 is 11.8 Å². The Morgan fingerprint density at radius 3 is 2.61 bits per heavy atom. The van der Waals surface area contributed by atoms with Crippen LogP contribution in [0.15, 0.2) is 52.6 Å². The molecular formula is C21H29NO5S. The zero-order chi connectivity index (χ0) is 21.1. The van der Waals surface area contributed by atoms with Gasteiger partial charge in [-0.25, -0.2) is 0 Å². The fourth-order valence-electron chi connectivity index (χ4n) is 2.22. The molecule has 2 rings (SSSR count). The van der Waals surface area contributed by atoms with Crippen LogP contribution in [0.5, 0.6) is 0 Å². The molecule has 1 aromatic rings. The van der Waals surface area contributed by atoms with Gasteiger partial charge in [0.2, 0.25) is 0 Å². The molecule has 154 valence electrons. The van der Waals surface area contributed by atoms with E-state index in [1.807, 2.05) is 25.1 Å². The van der Waals surface area contributed by atoms with Gasteiger partial charge in [0.1, 0.15) is 6.10 Å². The van der Waals surface area contributed by atoms with Gasteiger partial charge >= 0.3 is 5.97 Å². The highest BCUT2D eigenvalue weighted by molar-refractivity contribution is 7.99. The Morgan fingerprint density at radius 2 is 2.00 bits per heavy atom. The number of ether oxygens (including phenoxy) is 1. The molecule has 1 aliphatic rings. The van der Waals surface area contributed by atoms with Crippen molar-refractivity contribution in [2.45, 2.75) is 44.6 Å². The van der Waals surface area contributed by atoms with E-state index in [1.54, 1.807) is 19.2 Å². The largest absolute Gasteiger partial charge is 0.501 e. The second-order valence-electron chi connectivity index (χ2n) is 6.28. The summed E-state index contributed by atoms with van der Waals surface area (Å²) in [6.07, 6.45) is 3.94. The van der Waals surface area contributed by atoms with Gasteiger partial charge in [-0.3, -0.25) is 9.59 Å². The van der Waals surface area contributed by atoms with Crippen LogP contribution in [-0.4, -0.2) is 47.6 Å². The van der Waals surface area contributed by atoms with Crippen molar-refractivity contribution in [3.05, 3.63) is 47.7 Å². The molecule has 0 radical (unpaired) electrons. The molecular weight excluding hydrogens is 378 g/mol. The first-order valence-corrected chi connectivity index (χ1v) is 10.1. The predicted octanol–water partition coefficient (Wildman–Crippen LogP) is 3.85. The second kappa shape index (κ2) is 12.3. The lowest BCUT2D eigenvalue weighted by molar-refractivity contribution is -0.136. The summed E-state index contributed by atoms with van der Waals surface area (Å²) in [6, 6.07) is 7.26. The minimum Gasteiger partial charge on any atom is -0.501 e. The summed E-state index contributed by atoms with van der Waals surface area (Å²) >= 11 is 1.40. The summed E-state index contributed by atoms with van der Waals surface area (Å²) < 4.78 is 4.96. The predicted molar refractivity (Wildman–Crippen MR) is 113 cm³/mol. The Morgan fingerprint density at radius 1 is 1.32 bits per heavy atom. The number of aliphatic hydroxyl groups excluding tert-OH is 1. The molecule has 0 saturated heterocycles. The van der Waals surface area contributed by atoms with Gasteiger partial charge in [-0.2, -0.15) is 0 Å². The molecule has 1 aromatic carbocycles. The van der Waals surface area contributed by atoms with Crippen LogP contribution in [0.1, 0.15) is 33.6 Å². The summed E-state index contributed by atoms with van der Waals surface area (Å²) in [5, 5.41) is 18.4. The van der Waals surface area contributed by atoms with Crippen molar-refractivity contribution in [1.29, 1.82) is 0 Å². The van der Waals surface area contributed by atoms with Crippen LogP contribution in [0.2, 0.25) is 0 Å². The van der Waals surface area contributed by atoms with Crippen LogP contribution in [0.3, 0.4) is 0 Å². The summed E-state index contributed by atoms with van der Waals surface area (Å²) in [5.74, 6) is -0.160. The van der Waals surface area contributed by atoms with E-state index in [2.05, 4.69) is 19.9 Å². The highest BCUT2D eigenvalue weighted by atomic mass is 32.2. The number of aliphatic hydroxyl groups is 1. The zero-order valence-corrected chi connectivity index (χ0v) is 17.7. The third-order valence-corrected chi connectivity index (χ3v) is 5.27. The fraction of sp³-hybridized carbons (Fsp3) is 0.429. The quantitative estimate of drug-likeness (QED) is 0.550. The fourth-order valence-corrected chi connectivity index (χ4v) is 3.21. The van der Waals surface area contributed by atoms with E-state index in [-0.39, 0.29) is 13.0 Å². The first kappa shape index (κ1) is 23.8.